The minimum absolute atomic E-state index is 0.176. The van der Waals surface area contributed by atoms with E-state index < -0.39 is 16.4 Å². The molecule has 0 radical (unpaired) electrons. The summed E-state index contributed by atoms with van der Waals surface area (Å²) in [5, 5.41) is 21.3. The van der Waals surface area contributed by atoms with Crippen LogP contribution in [0.1, 0.15) is 24.8 Å². The molecule has 130 valence electrons. The molecule has 0 aliphatic carbocycles. The molecule has 0 spiro atoms. The first-order valence-electron chi connectivity index (χ1n) is 8.11. The maximum absolute atomic E-state index is 11.0. The third-order valence-electron chi connectivity index (χ3n) is 4.20. The molecule has 0 saturated carbocycles. The molecule has 2 aromatic carbocycles. The van der Waals surface area contributed by atoms with Crippen LogP contribution in [0.2, 0.25) is 5.02 Å². The van der Waals surface area contributed by atoms with Crippen LogP contribution in [0.3, 0.4) is 0 Å². The molecule has 1 N–H and O–H groups in total. The highest BCUT2D eigenvalue weighted by Crippen LogP contribution is 2.34. The van der Waals surface area contributed by atoms with E-state index in [0.29, 0.717) is 0 Å². The van der Waals surface area contributed by atoms with Gasteiger partial charge in [0, 0.05) is 36.0 Å². The zero-order valence-electron chi connectivity index (χ0n) is 13.6. The van der Waals surface area contributed by atoms with Crippen molar-refractivity contribution in [1.82, 2.24) is 0 Å². The Bertz CT molecular complexity index is 817. The lowest BCUT2D eigenvalue weighted by Crippen LogP contribution is -2.29. The number of aromatic hydroxyl groups is 1. The van der Waals surface area contributed by atoms with Crippen LogP contribution in [0.5, 0.6) is 5.75 Å². The first kappa shape index (κ1) is 17.2. The highest BCUT2D eigenvalue weighted by Gasteiger charge is 2.18. The Hall–Kier alpha value is -2.60. The van der Waals surface area contributed by atoms with Crippen LogP contribution in [0, 0.1) is 10.1 Å². The van der Waals surface area contributed by atoms with Gasteiger partial charge in [-0.05, 0) is 37.5 Å². The summed E-state index contributed by atoms with van der Waals surface area (Å²) in [6, 6.07) is 10.3. The van der Waals surface area contributed by atoms with Crippen LogP contribution in [0.4, 0.5) is 17.1 Å². The van der Waals surface area contributed by atoms with Crippen LogP contribution in [-0.2, 0) is 0 Å². The predicted molar refractivity (Wildman–Crippen MR) is 99.5 cm³/mol. The Morgan fingerprint density at radius 2 is 1.92 bits per heavy atom. The van der Waals surface area contributed by atoms with Gasteiger partial charge in [0.05, 0.1) is 16.3 Å². The SMILES string of the molecule is O=[N+]([O-])c1cc(Cl)cc(C=Nc2ccccc2N2CCCCC2)c1O. The van der Waals surface area contributed by atoms with Gasteiger partial charge in [0.25, 0.3) is 0 Å². The first-order valence-corrected chi connectivity index (χ1v) is 8.49. The van der Waals surface area contributed by atoms with Crippen LogP contribution in [0.15, 0.2) is 41.4 Å². The van der Waals surface area contributed by atoms with Crippen LogP contribution < -0.4 is 4.90 Å². The number of benzene rings is 2. The molecule has 2 aromatic rings. The van der Waals surface area contributed by atoms with Crippen molar-refractivity contribution in [3.05, 3.63) is 57.1 Å². The summed E-state index contributed by atoms with van der Waals surface area (Å²) in [5.41, 5.74) is 1.56. The molecule has 6 nitrogen and oxygen atoms in total. The first-order chi connectivity index (χ1) is 12.1. The Morgan fingerprint density at radius 1 is 1.20 bits per heavy atom. The molecule has 1 heterocycles. The fourth-order valence-electron chi connectivity index (χ4n) is 2.96. The zero-order chi connectivity index (χ0) is 17.8. The number of rotatable bonds is 4. The highest BCUT2D eigenvalue weighted by atomic mass is 35.5. The summed E-state index contributed by atoms with van der Waals surface area (Å²) >= 11 is 5.92. The van der Waals surface area contributed by atoms with E-state index in [9.17, 15) is 15.2 Å². The molecule has 1 fully saturated rings. The van der Waals surface area contributed by atoms with E-state index >= 15 is 0 Å². The normalized spacial score (nSPS) is 14.8. The van der Waals surface area contributed by atoms with Gasteiger partial charge in [0.2, 0.25) is 5.75 Å². The monoisotopic (exact) mass is 359 g/mol. The van der Waals surface area contributed by atoms with Crippen LogP contribution in [-0.4, -0.2) is 29.3 Å². The number of piperidine rings is 1. The van der Waals surface area contributed by atoms with Crippen molar-refractivity contribution in [2.24, 2.45) is 4.99 Å². The molecule has 7 heteroatoms. The van der Waals surface area contributed by atoms with E-state index in [1.54, 1.807) is 0 Å². The number of hydrogen-bond acceptors (Lipinski definition) is 5. The quantitative estimate of drug-likeness (QED) is 0.487. The number of hydrogen-bond donors (Lipinski definition) is 1. The topological polar surface area (TPSA) is 79.0 Å². The molecular formula is C18H18ClN3O3. The maximum Gasteiger partial charge on any atom is 0.312 e. The molecule has 0 atom stereocenters. The molecule has 3 rings (SSSR count). The van der Waals surface area contributed by atoms with Crippen molar-refractivity contribution < 1.29 is 10.0 Å². The van der Waals surface area contributed by atoms with Crippen LogP contribution >= 0.6 is 11.6 Å². The largest absolute Gasteiger partial charge is 0.502 e. The summed E-state index contributed by atoms with van der Waals surface area (Å²) in [6.07, 6.45) is 4.96. The lowest BCUT2D eigenvalue weighted by molar-refractivity contribution is -0.385. The van der Waals surface area contributed by atoms with Crippen molar-refractivity contribution in [3.8, 4) is 5.75 Å². The van der Waals surface area contributed by atoms with E-state index in [-0.39, 0.29) is 10.6 Å². The van der Waals surface area contributed by atoms with Gasteiger partial charge in [0.15, 0.2) is 0 Å². The Morgan fingerprint density at radius 3 is 2.64 bits per heavy atom. The smallest absolute Gasteiger partial charge is 0.312 e. The van der Waals surface area contributed by atoms with Crippen molar-refractivity contribution in [1.29, 1.82) is 0 Å². The van der Waals surface area contributed by atoms with Crippen LogP contribution in [0.25, 0.3) is 0 Å². The van der Waals surface area contributed by atoms with E-state index in [1.165, 1.54) is 18.7 Å². The van der Waals surface area contributed by atoms with Gasteiger partial charge < -0.3 is 10.0 Å². The lowest BCUT2D eigenvalue weighted by atomic mass is 10.1. The molecule has 1 aliphatic heterocycles. The summed E-state index contributed by atoms with van der Waals surface area (Å²) in [5.74, 6) is -0.436. The lowest BCUT2D eigenvalue weighted by Gasteiger charge is -2.29. The summed E-state index contributed by atoms with van der Waals surface area (Å²) < 4.78 is 0. The molecule has 1 aliphatic rings. The highest BCUT2D eigenvalue weighted by molar-refractivity contribution is 6.31. The molecule has 25 heavy (non-hydrogen) atoms. The number of nitrogens with zero attached hydrogens (tertiary/aromatic N) is 3. The second-order valence-electron chi connectivity index (χ2n) is 5.91. The Balaban J connectivity index is 1.94. The van der Waals surface area contributed by atoms with Gasteiger partial charge in [-0.1, -0.05) is 23.7 Å². The number of phenols is 1. The van der Waals surface area contributed by atoms with E-state index in [1.807, 2.05) is 24.3 Å². The van der Waals surface area contributed by atoms with Gasteiger partial charge in [0.1, 0.15) is 0 Å². The number of nitro groups is 1. The number of nitro benzene ring substituents is 1. The third-order valence-corrected chi connectivity index (χ3v) is 4.42. The molecule has 0 unspecified atom stereocenters. The number of phenolic OH excluding ortho intramolecular Hbond substituents is 1. The van der Waals surface area contributed by atoms with E-state index in [0.717, 1.165) is 43.4 Å². The third kappa shape index (κ3) is 3.91. The molecular weight excluding hydrogens is 342 g/mol. The standard InChI is InChI=1S/C18H18ClN3O3/c19-14-10-13(18(23)17(11-14)22(24)25)12-20-15-6-2-3-7-16(15)21-8-4-1-5-9-21/h2-3,6-7,10-12,23H,1,4-5,8-9H2. The van der Waals surface area contributed by atoms with Crippen molar-refractivity contribution in [3.63, 3.8) is 0 Å². The fourth-order valence-corrected chi connectivity index (χ4v) is 3.18. The molecule has 0 bridgehead atoms. The second kappa shape index (κ2) is 7.53. The van der Waals surface area contributed by atoms with Gasteiger partial charge in [-0.3, -0.25) is 15.1 Å². The van der Waals surface area contributed by atoms with Gasteiger partial charge in [-0.25, -0.2) is 0 Å². The average Bonchev–Trinajstić information content (AvgIpc) is 2.63. The van der Waals surface area contributed by atoms with Crippen molar-refractivity contribution in [2.75, 3.05) is 18.0 Å². The number of halogens is 1. The number of aliphatic imine (C=N–C) groups is 1. The fraction of sp³-hybridized carbons (Fsp3) is 0.278. The Labute approximate surface area is 150 Å². The second-order valence-corrected chi connectivity index (χ2v) is 6.35. The average molecular weight is 360 g/mol. The maximum atomic E-state index is 11.0. The van der Waals surface area contributed by atoms with Gasteiger partial charge in [-0.15, -0.1) is 0 Å². The Kier molecular flexibility index (Phi) is 5.19. The number of para-hydroxylation sites is 2. The van der Waals surface area contributed by atoms with Crippen molar-refractivity contribution >= 4 is 34.9 Å². The van der Waals surface area contributed by atoms with Gasteiger partial charge >= 0.3 is 5.69 Å². The summed E-state index contributed by atoms with van der Waals surface area (Å²) in [4.78, 5) is 17.1. The minimum atomic E-state index is -0.666. The summed E-state index contributed by atoms with van der Waals surface area (Å²) in [6.45, 7) is 1.97. The number of anilines is 1. The molecule has 1 saturated heterocycles. The van der Waals surface area contributed by atoms with Crippen molar-refractivity contribution in [2.45, 2.75) is 19.3 Å². The molecule has 0 amide bonds. The zero-order valence-corrected chi connectivity index (χ0v) is 14.3. The van der Waals surface area contributed by atoms with E-state index in [2.05, 4.69) is 9.89 Å². The predicted octanol–water partition coefficient (Wildman–Crippen LogP) is 4.69. The van der Waals surface area contributed by atoms with E-state index in [4.69, 9.17) is 11.6 Å². The summed E-state index contributed by atoms with van der Waals surface area (Å²) in [7, 11) is 0. The molecule has 0 aromatic heterocycles. The minimum Gasteiger partial charge on any atom is -0.502 e. The van der Waals surface area contributed by atoms with Gasteiger partial charge in [-0.2, -0.15) is 0 Å².